The molecule has 0 spiro atoms. The van der Waals surface area contributed by atoms with Gasteiger partial charge in [-0.1, -0.05) is 0 Å². The number of nitrogens with zero attached hydrogens (tertiary/aromatic N) is 1. The number of hydrogen-bond donors (Lipinski definition) is 1. The van der Waals surface area contributed by atoms with E-state index in [4.69, 9.17) is 4.74 Å². The maximum atomic E-state index is 13.2. The van der Waals surface area contributed by atoms with Gasteiger partial charge < -0.3 is 15.0 Å². The van der Waals surface area contributed by atoms with Crippen LogP contribution in [0.25, 0.3) is 0 Å². The van der Waals surface area contributed by atoms with E-state index < -0.39 is 17.5 Å². The molecule has 0 saturated carbocycles. The molecule has 2 aliphatic rings. The van der Waals surface area contributed by atoms with E-state index in [9.17, 15) is 18.0 Å². The first-order chi connectivity index (χ1) is 8.37. The molecule has 104 valence electrons. The number of morpholine rings is 1. The zero-order valence-electron chi connectivity index (χ0n) is 10.2. The van der Waals surface area contributed by atoms with Crippen molar-refractivity contribution < 1.29 is 22.7 Å². The average molecular weight is 266 g/mol. The highest BCUT2D eigenvalue weighted by Crippen LogP contribution is 2.44. The summed E-state index contributed by atoms with van der Waals surface area (Å²) in [4.78, 5) is 13.5. The molecule has 2 fully saturated rings. The van der Waals surface area contributed by atoms with Gasteiger partial charge in [0.2, 0.25) is 5.91 Å². The Kier molecular flexibility index (Phi) is 3.55. The van der Waals surface area contributed by atoms with Crippen LogP contribution >= 0.6 is 0 Å². The molecule has 18 heavy (non-hydrogen) atoms. The van der Waals surface area contributed by atoms with E-state index in [1.165, 1.54) is 4.90 Å². The molecule has 0 aromatic carbocycles. The molecule has 1 N–H and O–H groups in total. The van der Waals surface area contributed by atoms with Crippen LogP contribution in [0.5, 0.6) is 0 Å². The summed E-state index contributed by atoms with van der Waals surface area (Å²) in [6, 6.07) is 0. The summed E-state index contributed by atoms with van der Waals surface area (Å²) in [6.07, 6.45) is -4.89. The van der Waals surface area contributed by atoms with Gasteiger partial charge in [0.1, 0.15) is 0 Å². The number of carbonyl (C=O) groups excluding carboxylic acids is 1. The Morgan fingerprint density at radius 3 is 2.72 bits per heavy atom. The van der Waals surface area contributed by atoms with E-state index in [0.29, 0.717) is 6.61 Å². The van der Waals surface area contributed by atoms with Gasteiger partial charge in [0.25, 0.3) is 0 Å². The molecule has 4 nitrogen and oxygen atoms in total. The predicted octanol–water partition coefficient (Wildman–Crippen LogP) is 0.776. The molecule has 2 saturated heterocycles. The van der Waals surface area contributed by atoms with Crippen LogP contribution in [-0.4, -0.2) is 55.9 Å². The van der Waals surface area contributed by atoms with Crippen molar-refractivity contribution in [3.63, 3.8) is 0 Å². The molecule has 2 atom stereocenters. The van der Waals surface area contributed by atoms with Crippen LogP contribution in [0.2, 0.25) is 0 Å². The summed E-state index contributed by atoms with van der Waals surface area (Å²) in [7, 11) is 0. The number of nitrogens with one attached hydrogen (secondary N) is 1. The van der Waals surface area contributed by atoms with E-state index in [2.05, 4.69) is 5.32 Å². The number of hydrogen-bond acceptors (Lipinski definition) is 3. The van der Waals surface area contributed by atoms with Gasteiger partial charge in [-0.25, -0.2) is 0 Å². The molecule has 0 aromatic rings. The number of ether oxygens (including phenoxy) is 1. The fourth-order valence-electron chi connectivity index (χ4n) is 2.54. The smallest absolute Gasteiger partial charge is 0.375 e. The SMILES string of the molecule is CC1CN(C(=O)C2(C(F)(F)F)CCNC2)CCO1. The first-order valence-electron chi connectivity index (χ1n) is 6.05. The summed E-state index contributed by atoms with van der Waals surface area (Å²) in [5.74, 6) is -0.810. The van der Waals surface area contributed by atoms with Crippen LogP contribution in [0, 0.1) is 5.41 Å². The van der Waals surface area contributed by atoms with E-state index >= 15 is 0 Å². The lowest BCUT2D eigenvalue weighted by atomic mass is 9.84. The second-order valence-electron chi connectivity index (χ2n) is 4.94. The highest BCUT2D eigenvalue weighted by Gasteiger charge is 2.62. The first kappa shape index (κ1) is 13.6. The van der Waals surface area contributed by atoms with Crippen molar-refractivity contribution in [2.45, 2.75) is 25.6 Å². The molecule has 0 aromatic heterocycles. The highest BCUT2D eigenvalue weighted by molar-refractivity contribution is 5.84. The number of alkyl halides is 3. The van der Waals surface area contributed by atoms with Crippen molar-refractivity contribution in [3.05, 3.63) is 0 Å². The second kappa shape index (κ2) is 4.70. The standard InChI is InChI=1S/C11H17F3N2O2/c1-8-6-16(4-5-18-8)9(17)10(11(12,13)14)2-3-15-7-10/h8,15H,2-7H2,1H3. The Hall–Kier alpha value is -0.820. The van der Waals surface area contributed by atoms with Crippen molar-refractivity contribution >= 4 is 5.91 Å². The van der Waals surface area contributed by atoms with E-state index in [1.54, 1.807) is 6.92 Å². The summed E-state index contributed by atoms with van der Waals surface area (Å²) < 4.78 is 44.8. The van der Waals surface area contributed by atoms with Gasteiger partial charge in [-0.2, -0.15) is 13.2 Å². The second-order valence-corrected chi connectivity index (χ2v) is 4.94. The van der Waals surface area contributed by atoms with E-state index in [0.717, 1.165) is 0 Å². The summed E-state index contributed by atoms with van der Waals surface area (Å²) in [5, 5.41) is 2.65. The zero-order valence-corrected chi connectivity index (χ0v) is 10.2. The van der Waals surface area contributed by atoms with E-state index in [1.807, 2.05) is 0 Å². The van der Waals surface area contributed by atoms with Gasteiger partial charge in [-0.3, -0.25) is 4.79 Å². The summed E-state index contributed by atoms with van der Waals surface area (Å²) >= 11 is 0. The van der Waals surface area contributed by atoms with Gasteiger partial charge in [-0.15, -0.1) is 0 Å². The Morgan fingerprint density at radius 2 is 2.22 bits per heavy atom. The Labute approximate surface area is 103 Å². The maximum absolute atomic E-state index is 13.2. The van der Waals surface area contributed by atoms with Gasteiger partial charge in [0.15, 0.2) is 5.41 Å². The number of carbonyl (C=O) groups is 1. The lowest BCUT2D eigenvalue weighted by Gasteiger charge is -2.38. The van der Waals surface area contributed by atoms with Gasteiger partial charge in [0.05, 0.1) is 12.7 Å². The Balaban J connectivity index is 2.19. The summed E-state index contributed by atoms with van der Waals surface area (Å²) in [6.45, 7) is 2.44. The minimum atomic E-state index is -4.50. The first-order valence-corrected chi connectivity index (χ1v) is 6.05. The van der Waals surface area contributed by atoms with E-state index in [-0.39, 0.29) is 38.7 Å². The van der Waals surface area contributed by atoms with Gasteiger partial charge in [-0.05, 0) is 19.9 Å². The van der Waals surface area contributed by atoms with Crippen LogP contribution in [-0.2, 0) is 9.53 Å². The molecular formula is C11H17F3N2O2. The minimum Gasteiger partial charge on any atom is -0.375 e. The third-order valence-corrected chi connectivity index (χ3v) is 3.64. The third kappa shape index (κ3) is 2.21. The molecular weight excluding hydrogens is 249 g/mol. The Bertz CT molecular complexity index is 327. The molecule has 2 unspecified atom stereocenters. The largest absolute Gasteiger partial charge is 0.404 e. The van der Waals surface area contributed by atoms with Crippen molar-refractivity contribution in [1.29, 1.82) is 0 Å². The lowest BCUT2D eigenvalue weighted by Crippen LogP contribution is -2.57. The predicted molar refractivity (Wildman–Crippen MR) is 58.0 cm³/mol. The van der Waals surface area contributed by atoms with Crippen molar-refractivity contribution in [2.24, 2.45) is 5.41 Å². The maximum Gasteiger partial charge on any atom is 0.404 e. The highest BCUT2D eigenvalue weighted by atomic mass is 19.4. The average Bonchev–Trinajstić information content (AvgIpc) is 2.77. The van der Waals surface area contributed by atoms with Crippen molar-refractivity contribution in [1.82, 2.24) is 10.2 Å². The molecule has 0 bridgehead atoms. The topological polar surface area (TPSA) is 41.6 Å². The van der Waals surface area contributed by atoms with Gasteiger partial charge in [0, 0.05) is 19.6 Å². The quantitative estimate of drug-likeness (QED) is 0.762. The Morgan fingerprint density at radius 1 is 1.50 bits per heavy atom. The number of amides is 1. The van der Waals surface area contributed by atoms with Crippen molar-refractivity contribution in [2.75, 3.05) is 32.8 Å². The normalized spacial score (nSPS) is 33.8. The minimum absolute atomic E-state index is 0.179. The monoisotopic (exact) mass is 266 g/mol. The lowest BCUT2D eigenvalue weighted by molar-refractivity contribution is -0.224. The molecule has 0 radical (unpaired) electrons. The van der Waals surface area contributed by atoms with Gasteiger partial charge >= 0.3 is 6.18 Å². The molecule has 7 heteroatoms. The summed E-state index contributed by atoms with van der Waals surface area (Å²) in [5.41, 5.74) is -2.25. The van der Waals surface area contributed by atoms with Crippen LogP contribution in [0.3, 0.4) is 0 Å². The van der Waals surface area contributed by atoms with Crippen LogP contribution in [0.4, 0.5) is 13.2 Å². The molecule has 2 aliphatic heterocycles. The van der Waals surface area contributed by atoms with Crippen LogP contribution in [0.1, 0.15) is 13.3 Å². The third-order valence-electron chi connectivity index (χ3n) is 3.64. The zero-order chi connectivity index (χ0) is 13.4. The van der Waals surface area contributed by atoms with Crippen molar-refractivity contribution in [3.8, 4) is 0 Å². The number of halogens is 3. The molecule has 1 amide bonds. The molecule has 0 aliphatic carbocycles. The van der Waals surface area contributed by atoms with Crippen LogP contribution in [0.15, 0.2) is 0 Å². The molecule has 2 rings (SSSR count). The fourth-order valence-corrected chi connectivity index (χ4v) is 2.54. The number of rotatable bonds is 1. The fraction of sp³-hybridized carbons (Fsp3) is 0.909. The molecule has 2 heterocycles. The van der Waals surface area contributed by atoms with Crippen LogP contribution < -0.4 is 5.32 Å².